The van der Waals surface area contributed by atoms with Crippen LogP contribution >= 0.6 is 11.6 Å². The lowest BCUT2D eigenvalue weighted by atomic mass is 10.1. The maximum Gasteiger partial charge on any atom is 0.250 e. The minimum Gasteiger partial charge on any atom is -0.488 e. The third-order valence-corrected chi connectivity index (χ3v) is 6.89. The van der Waals surface area contributed by atoms with Crippen LogP contribution in [0.3, 0.4) is 0 Å². The number of rotatable bonds is 8. The quantitative estimate of drug-likeness (QED) is 0.318. The summed E-state index contributed by atoms with van der Waals surface area (Å²) in [5.74, 6) is 2.64. The Bertz CT molecular complexity index is 1140. The van der Waals surface area contributed by atoms with Crippen molar-refractivity contribution >= 4 is 35.7 Å². The summed E-state index contributed by atoms with van der Waals surface area (Å²) in [7, 11) is 0. The molecule has 2 fully saturated rings. The van der Waals surface area contributed by atoms with Gasteiger partial charge in [0.05, 0.1) is 6.21 Å². The van der Waals surface area contributed by atoms with Gasteiger partial charge in [0.15, 0.2) is 0 Å². The number of nitrogens with zero attached hydrogens (tertiary/aromatic N) is 6. The van der Waals surface area contributed by atoms with E-state index in [0.717, 1.165) is 80.6 Å². The summed E-state index contributed by atoms with van der Waals surface area (Å²) < 4.78 is 6.05. The number of aromatic nitrogens is 3. The van der Waals surface area contributed by atoms with Crippen LogP contribution in [-0.4, -0.2) is 47.3 Å². The Labute approximate surface area is 217 Å². The molecule has 0 radical (unpaired) electrons. The van der Waals surface area contributed by atoms with Gasteiger partial charge in [0.25, 0.3) is 0 Å². The van der Waals surface area contributed by atoms with Crippen molar-refractivity contribution in [2.24, 2.45) is 5.10 Å². The molecular weight excluding hydrogens is 474 g/mol. The average Bonchev–Trinajstić information content (AvgIpc) is 2.94. The van der Waals surface area contributed by atoms with Gasteiger partial charge in [-0.3, -0.25) is 0 Å². The Morgan fingerprint density at radius 1 is 0.806 bits per heavy atom. The molecule has 188 valence electrons. The first-order valence-corrected chi connectivity index (χ1v) is 13.1. The number of hydrazone groups is 1. The lowest BCUT2D eigenvalue weighted by Crippen LogP contribution is -2.34. The second-order valence-corrected chi connectivity index (χ2v) is 9.55. The van der Waals surface area contributed by atoms with Crippen molar-refractivity contribution in [3.05, 3.63) is 64.7 Å². The van der Waals surface area contributed by atoms with Crippen molar-refractivity contribution in [3.8, 4) is 5.75 Å². The Morgan fingerprint density at radius 2 is 1.42 bits per heavy atom. The third-order valence-electron chi connectivity index (χ3n) is 6.52. The van der Waals surface area contributed by atoms with Crippen molar-refractivity contribution in [3.63, 3.8) is 0 Å². The van der Waals surface area contributed by atoms with Gasteiger partial charge in [-0.05, 0) is 56.7 Å². The van der Waals surface area contributed by atoms with E-state index in [9.17, 15) is 0 Å². The molecule has 2 aromatic carbocycles. The topological polar surface area (TPSA) is 78.8 Å². The van der Waals surface area contributed by atoms with E-state index in [2.05, 4.69) is 20.3 Å². The van der Waals surface area contributed by atoms with E-state index in [1.807, 2.05) is 48.5 Å². The van der Waals surface area contributed by atoms with Crippen LogP contribution in [-0.2, 0) is 6.61 Å². The molecule has 2 aliphatic rings. The second kappa shape index (κ2) is 12.0. The van der Waals surface area contributed by atoms with Crippen LogP contribution in [0.5, 0.6) is 5.75 Å². The minimum absolute atomic E-state index is 0.379. The van der Waals surface area contributed by atoms with Gasteiger partial charge < -0.3 is 14.5 Å². The molecule has 2 saturated heterocycles. The standard InChI is InChI=1S/C27H32ClN7O/c28-23-13-5-3-12-22(23)20-36-24-14-6-4-11-21(24)19-29-33-25-30-26(34-15-7-1-8-16-34)32-27(31-25)35-17-9-2-10-18-35/h3-6,11-14,19H,1-2,7-10,15-18,20H2,(H,30,31,32,33)/b29-19+. The molecule has 0 saturated carbocycles. The zero-order valence-corrected chi connectivity index (χ0v) is 21.2. The molecular formula is C27H32ClN7O. The third kappa shape index (κ3) is 6.23. The summed E-state index contributed by atoms with van der Waals surface area (Å²) in [4.78, 5) is 18.7. The Morgan fingerprint density at radius 3 is 2.08 bits per heavy atom. The van der Waals surface area contributed by atoms with Crippen LogP contribution in [0.1, 0.15) is 49.7 Å². The molecule has 0 amide bonds. The number of nitrogens with one attached hydrogen (secondary N) is 1. The summed E-state index contributed by atoms with van der Waals surface area (Å²) in [6, 6.07) is 15.5. The number of anilines is 3. The number of para-hydroxylation sites is 1. The van der Waals surface area contributed by atoms with E-state index in [-0.39, 0.29) is 0 Å². The fraction of sp³-hybridized carbons (Fsp3) is 0.407. The first-order chi connectivity index (χ1) is 17.8. The molecule has 3 aromatic rings. The van der Waals surface area contributed by atoms with E-state index in [0.29, 0.717) is 17.6 Å². The predicted octanol–water partition coefficient (Wildman–Crippen LogP) is 5.53. The predicted molar refractivity (Wildman–Crippen MR) is 145 cm³/mol. The van der Waals surface area contributed by atoms with E-state index in [4.69, 9.17) is 31.3 Å². The normalized spacial score (nSPS) is 16.4. The molecule has 5 rings (SSSR count). The molecule has 0 aliphatic carbocycles. The zero-order chi connectivity index (χ0) is 24.6. The summed E-state index contributed by atoms with van der Waals surface area (Å²) in [6.07, 6.45) is 8.90. The maximum absolute atomic E-state index is 6.28. The highest BCUT2D eigenvalue weighted by atomic mass is 35.5. The molecule has 2 aliphatic heterocycles. The molecule has 36 heavy (non-hydrogen) atoms. The number of benzene rings is 2. The fourth-order valence-electron chi connectivity index (χ4n) is 4.52. The van der Waals surface area contributed by atoms with Crippen LogP contribution in [0.25, 0.3) is 0 Å². The van der Waals surface area contributed by atoms with Gasteiger partial charge in [0, 0.05) is 42.3 Å². The summed E-state index contributed by atoms with van der Waals surface area (Å²) in [6.45, 7) is 4.28. The molecule has 0 spiro atoms. The first kappa shape index (κ1) is 24.3. The Kier molecular flexibility index (Phi) is 8.13. The van der Waals surface area contributed by atoms with Crippen LogP contribution in [0.2, 0.25) is 5.02 Å². The van der Waals surface area contributed by atoms with Crippen LogP contribution in [0.4, 0.5) is 17.8 Å². The molecule has 0 atom stereocenters. The smallest absolute Gasteiger partial charge is 0.250 e. The molecule has 1 aromatic heterocycles. The fourth-order valence-corrected chi connectivity index (χ4v) is 4.71. The zero-order valence-electron chi connectivity index (χ0n) is 20.4. The number of hydrogen-bond donors (Lipinski definition) is 1. The van der Waals surface area contributed by atoms with Gasteiger partial charge in [-0.2, -0.15) is 20.1 Å². The summed E-state index contributed by atoms with van der Waals surface area (Å²) in [5, 5.41) is 5.14. The largest absolute Gasteiger partial charge is 0.488 e. The number of ether oxygens (including phenoxy) is 1. The molecule has 9 heteroatoms. The van der Waals surface area contributed by atoms with Crippen molar-refractivity contribution in [1.82, 2.24) is 15.0 Å². The highest BCUT2D eigenvalue weighted by Crippen LogP contribution is 2.23. The molecule has 0 unspecified atom stereocenters. The Balaban J connectivity index is 1.32. The van der Waals surface area contributed by atoms with E-state index in [1.54, 1.807) is 6.21 Å². The van der Waals surface area contributed by atoms with Gasteiger partial charge in [0.2, 0.25) is 17.8 Å². The van der Waals surface area contributed by atoms with Gasteiger partial charge in [-0.1, -0.05) is 41.9 Å². The van der Waals surface area contributed by atoms with Crippen LogP contribution in [0, 0.1) is 0 Å². The minimum atomic E-state index is 0.379. The molecule has 3 heterocycles. The van der Waals surface area contributed by atoms with Crippen molar-refractivity contribution < 1.29 is 4.74 Å². The molecule has 0 bridgehead atoms. The lowest BCUT2D eigenvalue weighted by molar-refractivity contribution is 0.306. The van der Waals surface area contributed by atoms with Gasteiger partial charge in [-0.15, -0.1) is 0 Å². The highest BCUT2D eigenvalue weighted by molar-refractivity contribution is 6.31. The number of hydrogen-bond acceptors (Lipinski definition) is 8. The SMILES string of the molecule is Clc1ccccc1COc1ccccc1/C=N/Nc1nc(N2CCCCC2)nc(N2CCCCC2)n1. The monoisotopic (exact) mass is 505 g/mol. The van der Waals surface area contributed by atoms with Crippen LogP contribution < -0.4 is 20.0 Å². The summed E-state index contributed by atoms with van der Waals surface area (Å²) in [5.41, 5.74) is 4.82. The number of halogens is 1. The van der Waals surface area contributed by atoms with Crippen LogP contribution in [0.15, 0.2) is 53.6 Å². The second-order valence-electron chi connectivity index (χ2n) is 9.14. The van der Waals surface area contributed by atoms with E-state index < -0.39 is 0 Å². The first-order valence-electron chi connectivity index (χ1n) is 12.8. The van der Waals surface area contributed by atoms with Crippen molar-refractivity contribution in [2.75, 3.05) is 41.4 Å². The van der Waals surface area contributed by atoms with Crippen molar-refractivity contribution in [1.29, 1.82) is 0 Å². The van der Waals surface area contributed by atoms with Crippen molar-refractivity contribution in [2.45, 2.75) is 45.1 Å². The average molecular weight is 506 g/mol. The summed E-state index contributed by atoms with van der Waals surface area (Å²) >= 11 is 6.28. The van der Waals surface area contributed by atoms with E-state index in [1.165, 1.54) is 12.8 Å². The Hall–Kier alpha value is -3.39. The maximum atomic E-state index is 6.28. The van der Waals surface area contributed by atoms with Gasteiger partial charge in [0.1, 0.15) is 12.4 Å². The highest BCUT2D eigenvalue weighted by Gasteiger charge is 2.20. The molecule has 1 N–H and O–H groups in total. The lowest BCUT2D eigenvalue weighted by Gasteiger charge is -2.30. The molecule has 8 nitrogen and oxygen atoms in total. The van der Waals surface area contributed by atoms with Gasteiger partial charge >= 0.3 is 0 Å². The number of piperidine rings is 2. The van der Waals surface area contributed by atoms with E-state index >= 15 is 0 Å². The van der Waals surface area contributed by atoms with Gasteiger partial charge in [-0.25, -0.2) is 5.43 Å².